The van der Waals surface area contributed by atoms with Crippen molar-refractivity contribution in [1.82, 2.24) is 14.6 Å². The summed E-state index contributed by atoms with van der Waals surface area (Å²) in [7, 11) is 0. The molecule has 0 atom stereocenters. The van der Waals surface area contributed by atoms with Gasteiger partial charge in [-0.1, -0.05) is 41.7 Å². The molecule has 0 radical (unpaired) electrons. The molecule has 0 N–H and O–H groups in total. The van der Waals surface area contributed by atoms with E-state index in [1.165, 1.54) is 17.8 Å². The second kappa shape index (κ2) is 3.40. The fraction of sp³-hybridized carbons (Fsp3) is 0.231. The monoisotopic (exact) mass is 241 g/mol. The molecule has 1 fully saturated rings. The number of imidazole rings is 1. The standard InChI is InChI=1S/C13H11N3S/c1-2-4-9(5-3-1)11-8-16-13(14-11)17-12(15-16)10-6-7-10/h1-5,8,10H,6-7H2. The minimum absolute atomic E-state index is 0.710. The van der Waals surface area contributed by atoms with Crippen LogP contribution >= 0.6 is 11.3 Å². The third-order valence-corrected chi connectivity index (χ3v) is 4.14. The molecule has 17 heavy (non-hydrogen) atoms. The van der Waals surface area contributed by atoms with E-state index < -0.39 is 0 Å². The van der Waals surface area contributed by atoms with Gasteiger partial charge in [-0.2, -0.15) is 5.10 Å². The smallest absolute Gasteiger partial charge is 0.212 e. The van der Waals surface area contributed by atoms with Crippen LogP contribution in [0.2, 0.25) is 0 Å². The van der Waals surface area contributed by atoms with Gasteiger partial charge in [-0.25, -0.2) is 9.50 Å². The zero-order chi connectivity index (χ0) is 11.2. The van der Waals surface area contributed by atoms with Crippen molar-refractivity contribution in [2.75, 3.05) is 0 Å². The zero-order valence-corrected chi connectivity index (χ0v) is 10.0. The molecule has 1 aromatic carbocycles. The second-order valence-corrected chi connectivity index (χ2v) is 5.42. The Labute approximate surface area is 103 Å². The summed E-state index contributed by atoms with van der Waals surface area (Å²) in [6.07, 6.45) is 4.61. The first-order chi connectivity index (χ1) is 8.40. The van der Waals surface area contributed by atoms with Crippen LogP contribution in [0.1, 0.15) is 23.8 Å². The molecule has 3 nitrogen and oxygen atoms in total. The van der Waals surface area contributed by atoms with Gasteiger partial charge < -0.3 is 0 Å². The van der Waals surface area contributed by atoms with E-state index in [4.69, 9.17) is 0 Å². The van der Waals surface area contributed by atoms with Crippen molar-refractivity contribution in [1.29, 1.82) is 0 Å². The van der Waals surface area contributed by atoms with Gasteiger partial charge in [0.2, 0.25) is 4.96 Å². The SMILES string of the molecule is c1ccc(-c2cn3nc(C4CC4)sc3n2)cc1. The maximum Gasteiger partial charge on any atom is 0.212 e. The van der Waals surface area contributed by atoms with Crippen LogP contribution in [0.25, 0.3) is 16.2 Å². The minimum atomic E-state index is 0.710. The van der Waals surface area contributed by atoms with Gasteiger partial charge >= 0.3 is 0 Å². The average molecular weight is 241 g/mol. The van der Waals surface area contributed by atoms with Gasteiger partial charge in [0.05, 0.1) is 11.9 Å². The molecule has 1 saturated carbocycles. The molecule has 0 saturated heterocycles. The molecular formula is C13H11N3S. The quantitative estimate of drug-likeness (QED) is 0.689. The Hall–Kier alpha value is -1.68. The second-order valence-electron chi connectivity index (χ2n) is 4.43. The van der Waals surface area contributed by atoms with Crippen LogP contribution in [-0.2, 0) is 0 Å². The van der Waals surface area contributed by atoms with Crippen LogP contribution < -0.4 is 0 Å². The van der Waals surface area contributed by atoms with E-state index in [-0.39, 0.29) is 0 Å². The molecule has 2 aromatic heterocycles. The average Bonchev–Trinajstić information content (AvgIpc) is 3.01. The first-order valence-electron chi connectivity index (χ1n) is 5.82. The Morgan fingerprint density at radius 3 is 2.71 bits per heavy atom. The van der Waals surface area contributed by atoms with Crippen LogP contribution in [0.5, 0.6) is 0 Å². The molecule has 0 bridgehead atoms. The summed E-state index contributed by atoms with van der Waals surface area (Å²) in [5, 5.41) is 5.84. The molecule has 1 aliphatic carbocycles. The topological polar surface area (TPSA) is 30.2 Å². The number of aromatic nitrogens is 3. The molecule has 4 rings (SSSR count). The van der Waals surface area contributed by atoms with Crippen molar-refractivity contribution in [2.24, 2.45) is 0 Å². The number of fused-ring (bicyclic) bond motifs is 1. The summed E-state index contributed by atoms with van der Waals surface area (Å²) in [4.78, 5) is 5.64. The predicted molar refractivity (Wildman–Crippen MR) is 68.3 cm³/mol. The van der Waals surface area contributed by atoms with E-state index in [9.17, 15) is 0 Å². The minimum Gasteiger partial charge on any atom is -0.217 e. The number of benzene rings is 1. The summed E-state index contributed by atoms with van der Waals surface area (Å²) in [5.41, 5.74) is 2.16. The van der Waals surface area contributed by atoms with E-state index in [0.29, 0.717) is 5.92 Å². The third-order valence-electron chi connectivity index (χ3n) is 3.05. The van der Waals surface area contributed by atoms with Crippen molar-refractivity contribution >= 4 is 16.3 Å². The van der Waals surface area contributed by atoms with Crippen molar-refractivity contribution < 1.29 is 0 Å². The fourth-order valence-corrected chi connectivity index (χ4v) is 3.01. The first kappa shape index (κ1) is 9.36. The van der Waals surface area contributed by atoms with Gasteiger partial charge in [0.25, 0.3) is 0 Å². The van der Waals surface area contributed by atoms with Crippen molar-refractivity contribution in [2.45, 2.75) is 18.8 Å². The summed E-state index contributed by atoms with van der Waals surface area (Å²) in [6, 6.07) is 10.2. The van der Waals surface area contributed by atoms with Crippen LogP contribution in [0.4, 0.5) is 0 Å². The highest BCUT2D eigenvalue weighted by molar-refractivity contribution is 7.16. The normalized spacial score (nSPS) is 15.5. The highest BCUT2D eigenvalue weighted by Crippen LogP contribution is 2.41. The summed E-state index contributed by atoms with van der Waals surface area (Å²) in [5.74, 6) is 0.710. The molecule has 3 aromatic rings. The fourth-order valence-electron chi connectivity index (χ4n) is 1.96. The third kappa shape index (κ3) is 1.56. The number of hydrogen-bond acceptors (Lipinski definition) is 3. The Morgan fingerprint density at radius 2 is 2.00 bits per heavy atom. The predicted octanol–water partition coefficient (Wildman–Crippen LogP) is 3.34. The highest BCUT2D eigenvalue weighted by Gasteiger charge is 2.27. The van der Waals surface area contributed by atoms with Crippen molar-refractivity contribution in [3.05, 3.63) is 41.5 Å². The lowest BCUT2D eigenvalue weighted by Gasteiger charge is -1.93. The number of nitrogens with zero attached hydrogens (tertiary/aromatic N) is 3. The van der Waals surface area contributed by atoms with E-state index >= 15 is 0 Å². The zero-order valence-electron chi connectivity index (χ0n) is 9.21. The Bertz CT molecular complexity index is 633. The molecular weight excluding hydrogens is 230 g/mol. The van der Waals surface area contributed by atoms with Gasteiger partial charge in [0, 0.05) is 11.5 Å². The highest BCUT2D eigenvalue weighted by atomic mass is 32.1. The molecule has 4 heteroatoms. The van der Waals surface area contributed by atoms with Crippen LogP contribution in [0.15, 0.2) is 36.5 Å². The van der Waals surface area contributed by atoms with Crippen LogP contribution in [0, 0.1) is 0 Å². The molecule has 84 valence electrons. The molecule has 1 aliphatic rings. The Morgan fingerprint density at radius 1 is 1.18 bits per heavy atom. The summed E-state index contributed by atoms with van der Waals surface area (Å²) >= 11 is 1.72. The van der Waals surface area contributed by atoms with Gasteiger partial charge in [0.15, 0.2) is 0 Å². The molecule has 2 heterocycles. The molecule has 0 amide bonds. The largest absolute Gasteiger partial charge is 0.217 e. The van der Waals surface area contributed by atoms with Gasteiger partial charge in [-0.15, -0.1) is 0 Å². The molecule has 0 unspecified atom stereocenters. The summed E-state index contributed by atoms with van der Waals surface area (Å²) < 4.78 is 1.92. The first-order valence-corrected chi connectivity index (χ1v) is 6.63. The molecule has 0 aliphatic heterocycles. The van der Waals surface area contributed by atoms with Gasteiger partial charge in [-0.3, -0.25) is 0 Å². The molecule has 0 spiro atoms. The summed E-state index contributed by atoms with van der Waals surface area (Å²) in [6.45, 7) is 0. The van der Waals surface area contributed by atoms with Gasteiger partial charge in [-0.05, 0) is 12.8 Å². The van der Waals surface area contributed by atoms with E-state index in [2.05, 4.69) is 22.2 Å². The Kier molecular flexibility index (Phi) is 1.87. The van der Waals surface area contributed by atoms with Crippen LogP contribution in [0.3, 0.4) is 0 Å². The van der Waals surface area contributed by atoms with Crippen LogP contribution in [-0.4, -0.2) is 14.6 Å². The van der Waals surface area contributed by atoms with Crippen molar-refractivity contribution in [3.8, 4) is 11.3 Å². The van der Waals surface area contributed by atoms with E-state index in [1.54, 1.807) is 11.3 Å². The Balaban J connectivity index is 1.80. The lowest BCUT2D eigenvalue weighted by atomic mass is 10.2. The number of rotatable bonds is 2. The van der Waals surface area contributed by atoms with Crippen molar-refractivity contribution in [3.63, 3.8) is 0 Å². The lowest BCUT2D eigenvalue weighted by molar-refractivity contribution is 0.905. The van der Waals surface area contributed by atoms with Gasteiger partial charge in [0.1, 0.15) is 5.01 Å². The lowest BCUT2D eigenvalue weighted by Crippen LogP contribution is -1.83. The van der Waals surface area contributed by atoms with E-state index in [0.717, 1.165) is 16.2 Å². The maximum absolute atomic E-state index is 4.63. The number of hydrogen-bond donors (Lipinski definition) is 0. The van der Waals surface area contributed by atoms with E-state index in [1.807, 2.05) is 28.9 Å². The maximum atomic E-state index is 4.63.